The Hall–Kier alpha value is -5.21. The van der Waals surface area contributed by atoms with Crippen molar-refractivity contribution in [3.63, 3.8) is 0 Å². The molecule has 0 N–H and O–H groups in total. The number of hydrogen-bond donors (Lipinski definition) is 0. The van der Waals surface area contributed by atoms with Crippen LogP contribution in [0.3, 0.4) is 0 Å². The van der Waals surface area contributed by atoms with Crippen molar-refractivity contribution in [2.75, 3.05) is 0 Å². The van der Waals surface area contributed by atoms with Gasteiger partial charge in [-0.05, 0) is 86.5 Å². The van der Waals surface area contributed by atoms with Crippen molar-refractivity contribution in [2.45, 2.75) is 19.8 Å². The number of aromatic nitrogens is 2. The fraction of sp³-hybridized carbons (Fsp3) is 0.0976. The molecule has 1 aromatic heterocycles. The molecule has 1 aliphatic rings. The highest BCUT2D eigenvalue weighted by Gasteiger charge is 2.23. The Morgan fingerprint density at radius 2 is 1.21 bits per heavy atom. The molecule has 7 aromatic rings. The van der Waals surface area contributed by atoms with Crippen molar-refractivity contribution in [2.24, 2.45) is 5.92 Å². The molecule has 6 aromatic carbocycles. The molecule has 2 heteroatoms. The average Bonchev–Trinajstić information content (AvgIpc) is 3.39. The molecule has 2 nitrogen and oxygen atoms in total. The molecule has 0 saturated heterocycles. The van der Waals surface area contributed by atoms with Crippen LogP contribution in [0, 0.1) is 12.8 Å². The summed E-state index contributed by atoms with van der Waals surface area (Å²) in [6.45, 7) is 4.43. The summed E-state index contributed by atoms with van der Waals surface area (Å²) >= 11 is 0. The lowest BCUT2D eigenvalue weighted by Crippen LogP contribution is -2.10. The van der Waals surface area contributed by atoms with E-state index in [1.54, 1.807) is 0 Å². The third kappa shape index (κ3) is 4.21. The van der Waals surface area contributed by atoms with E-state index in [0.717, 1.165) is 22.5 Å². The predicted molar refractivity (Wildman–Crippen MR) is 182 cm³/mol. The second-order valence-electron chi connectivity index (χ2n) is 11.7. The van der Waals surface area contributed by atoms with Crippen molar-refractivity contribution in [3.8, 4) is 16.8 Å². The van der Waals surface area contributed by atoms with Crippen LogP contribution in [-0.2, 0) is 0 Å². The largest absolute Gasteiger partial charge is 0.297 e. The minimum Gasteiger partial charge on any atom is -0.297 e. The third-order valence-electron chi connectivity index (χ3n) is 9.02. The Kier molecular flexibility index (Phi) is 6.08. The number of aryl methyl sites for hydroxylation is 1. The quantitative estimate of drug-likeness (QED) is 0.199. The Bertz CT molecular complexity index is 2140. The van der Waals surface area contributed by atoms with Gasteiger partial charge < -0.3 is 0 Å². The minimum atomic E-state index is 0.286. The predicted octanol–water partition coefficient (Wildman–Crippen LogP) is 10.7. The van der Waals surface area contributed by atoms with Crippen molar-refractivity contribution in [1.29, 1.82) is 0 Å². The zero-order valence-corrected chi connectivity index (χ0v) is 24.4. The molecule has 0 spiro atoms. The molecule has 0 amide bonds. The van der Waals surface area contributed by atoms with Gasteiger partial charge in [-0.3, -0.25) is 4.57 Å². The van der Waals surface area contributed by atoms with Crippen LogP contribution >= 0.6 is 0 Å². The van der Waals surface area contributed by atoms with Crippen LogP contribution in [0.2, 0.25) is 0 Å². The summed E-state index contributed by atoms with van der Waals surface area (Å²) in [5.41, 5.74) is 9.83. The third-order valence-corrected chi connectivity index (χ3v) is 9.02. The maximum atomic E-state index is 4.87. The molecule has 2 unspecified atom stereocenters. The van der Waals surface area contributed by atoms with E-state index < -0.39 is 0 Å². The molecule has 8 rings (SSSR count). The molecule has 1 aliphatic carbocycles. The molecule has 206 valence electrons. The number of rotatable bonds is 4. The zero-order valence-electron chi connectivity index (χ0n) is 24.4. The zero-order chi connectivity index (χ0) is 28.9. The monoisotopic (exact) mass is 552 g/mol. The normalized spacial score (nSPS) is 16.7. The van der Waals surface area contributed by atoms with E-state index in [4.69, 9.17) is 4.98 Å². The first kappa shape index (κ1) is 25.5. The minimum absolute atomic E-state index is 0.286. The number of hydrogen-bond acceptors (Lipinski definition) is 1. The first-order chi connectivity index (χ1) is 21.2. The van der Waals surface area contributed by atoms with Gasteiger partial charge in [0.05, 0.1) is 11.0 Å². The summed E-state index contributed by atoms with van der Waals surface area (Å²) in [5, 5.41) is 5.18. The van der Waals surface area contributed by atoms with Gasteiger partial charge in [-0.25, -0.2) is 4.98 Å². The summed E-state index contributed by atoms with van der Waals surface area (Å²) in [6.07, 6.45) is 7.24. The van der Waals surface area contributed by atoms with Gasteiger partial charge >= 0.3 is 0 Å². The lowest BCUT2D eigenvalue weighted by Gasteiger charge is -2.26. The van der Waals surface area contributed by atoms with Crippen LogP contribution in [0.15, 0.2) is 146 Å². The number of para-hydroxylation sites is 1. The number of allylic oxidation sites excluding steroid dienone is 4. The highest BCUT2D eigenvalue weighted by Crippen LogP contribution is 2.44. The summed E-state index contributed by atoms with van der Waals surface area (Å²) in [6, 6.07) is 45.9. The highest BCUT2D eigenvalue weighted by molar-refractivity contribution is 6.19. The van der Waals surface area contributed by atoms with Gasteiger partial charge in [0.25, 0.3) is 0 Å². The Labute approximate surface area is 252 Å². The molecule has 0 aliphatic heterocycles. The van der Waals surface area contributed by atoms with Crippen molar-refractivity contribution >= 4 is 38.2 Å². The van der Waals surface area contributed by atoms with E-state index >= 15 is 0 Å². The van der Waals surface area contributed by atoms with Crippen LogP contribution < -0.4 is 0 Å². The lowest BCUT2D eigenvalue weighted by atomic mass is 9.78. The number of nitrogens with zero attached hydrogens (tertiary/aromatic N) is 2. The first-order valence-electron chi connectivity index (χ1n) is 15.1. The van der Waals surface area contributed by atoms with Gasteiger partial charge in [-0.15, -0.1) is 0 Å². The number of benzene rings is 6. The van der Waals surface area contributed by atoms with Gasteiger partial charge in [0.2, 0.25) is 0 Å². The standard InChI is InChI=1S/C41H32N2/c1-27-25-31(21-23-33(27)30-22-24-38-39(26-30)43(28(2)42-38)32-15-7-4-8-16-32)41-36-19-11-9-17-34(36)40(29-13-5-3-6-14-29)35-18-10-12-20-37(35)41/h3-27,33H,1-2H3. The second-order valence-corrected chi connectivity index (χ2v) is 11.7. The topological polar surface area (TPSA) is 17.8 Å². The molecule has 2 atom stereocenters. The number of fused-ring (bicyclic) bond motifs is 3. The molecular formula is C41H32N2. The highest BCUT2D eigenvalue weighted by atomic mass is 15.1. The Morgan fingerprint density at radius 3 is 1.84 bits per heavy atom. The van der Waals surface area contributed by atoms with Gasteiger partial charge in [-0.2, -0.15) is 0 Å². The van der Waals surface area contributed by atoms with E-state index in [0.29, 0.717) is 5.92 Å². The van der Waals surface area contributed by atoms with Gasteiger partial charge in [-0.1, -0.05) is 128 Å². The SMILES string of the molecule is Cc1nc2ccc(C3C=CC(c4c5ccccc5c(-c5ccccc5)c5ccccc45)=CC3C)cc2n1-c1ccccc1. The van der Waals surface area contributed by atoms with E-state index in [2.05, 4.69) is 164 Å². The molecule has 0 bridgehead atoms. The van der Waals surface area contributed by atoms with Crippen LogP contribution in [0.25, 0.3) is 55.0 Å². The smallest absolute Gasteiger partial charge is 0.111 e. The Balaban J connectivity index is 1.25. The van der Waals surface area contributed by atoms with Crippen molar-refractivity contribution in [1.82, 2.24) is 9.55 Å². The molecular weight excluding hydrogens is 520 g/mol. The van der Waals surface area contributed by atoms with Gasteiger partial charge in [0.1, 0.15) is 5.82 Å². The average molecular weight is 553 g/mol. The van der Waals surface area contributed by atoms with Crippen molar-refractivity contribution < 1.29 is 0 Å². The van der Waals surface area contributed by atoms with E-state index in [-0.39, 0.29) is 5.92 Å². The van der Waals surface area contributed by atoms with E-state index in [1.165, 1.54) is 49.4 Å². The summed E-state index contributed by atoms with van der Waals surface area (Å²) in [7, 11) is 0. The molecule has 1 heterocycles. The lowest BCUT2D eigenvalue weighted by molar-refractivity contribution is 0.638. The first-order valence-corrected chi connectivity index (χ1v) is 15.1. The van der Waals surface area contributed by atoms with E-state index in [9.17, 15) is 0 Å². The molecule has 0 radical (unpaired) electrons. The van der Waals surface area contributed by atoms with Crippen LogP contribution in [0.4, 0.5) is 0 Å². The molecule has 0 fully saturated rings. The van der Waals surface area contributed by atoms with E-state index in [1.807, 2.05) is 0 Å². The summed E-state index contributed by atoms with van der Waals surface area (Å²) < 4.78 is 2.27. The second kappa shape index (κ2) is 10.3. The van der Waals surface area contributed by atoms with Crippen LogP contribution in [0.1, 0.15) is 29.8 Å². The maximum absolute atomic E-state index is 4.87. The fourth-order valence-electron chi connectivity index (χ4n) is 7.08. The number of imidazole rings is 1. The van der Waals surface area contributed by atoms with Gasteiger partial charge in [0, 0.05) is 11.6 Å². The van der Waals surface area contributed by atoms with Crippen molar-refractivity contribution in [3.05, 3.63) is 163 Å². The van der Waals surface area contributed by atoms with Gasteiger partial charge in [0.15, 0.2) is 0 Å². The fourth-order valence-corrected chi connectivity index (χ4v) is 7.08. The summed E-state index contributed by atoms with van der Waals surface area (Å²) in [5.74, 6) is 1.62. The Morgan fingerprint density at radius 1 is 0.628 bits per heavy atom. The summed E-state index contributed by atoms with van der Waals surface area (Å²) in [4.78, 5) is 4.87. The van der Waals surface area contributed by atoms with Crippen LogP contribution in [-0.4, -0.2) is 9.55 Å². The molecule has 43 heavy (non-hydrogen) atoms. The van der Waals surface area contributed by atoms with Crippen LogP contribution in [0.5, 0.6) is 0 Å². The maximum Gasteiger partial charge on any atom is 0.111 e. The molecule has 0 saturated carbocycles.